The highest BCUT2D eigenvalue weighted by atomic mass is 16.2. The Labute approximate surface area is 127 Å². The smallest absolute Gasteiger partial charge is 0.275 e. The lowest BCUT2D eigenvalue weighted by atomic mass is 10.1. The van der Waals surface area contributed by atoms with Gasteiger partial charge in [-0.05, 0) is 24.6 Å². The molecule has 3 N–H and O–H groups in total. The van der Waals surface area contributed by atoms with Gasteiger partial charge < -0.3 is 15.6 Å². The number of aromatic nitrogens is 1. The van der Waals surface area contributed by atoms with Gasteiger partial charge in [-0.3, -0.25) is 14.4 Å². The van der Waals surface area contributed by atoms with Crippen LogP contribution in [0.3, 0.4) is 0 Å². The van der Waals surface area contributed by atoms with Gasteiger partial charge in [-0.1, -0.05) is 30.3 Å². The summed E-state index contributed by atoms with van der Waals surface area (Å²) in [6.45, 7) is 1.53. The van der Waals surface area contributed by atoms with Crippen LogP contribution < -0.4 is 16.6 Å². The molecule has 1 atom stereocenters. The van der Waals surface area contributed by atoms with Crippen LogP contribution in [-0.2, 0) is 16.0 Å². The molecule has 1 unspecified atom stereocenters. The first-order valence-electron chi connectivity index (χ1n) is 6.83. The molecule has 6 nitrogen and oxygen atoms in total. The van der Waals surface area contributed by atoms with Crippen molar-refractivity contribution < 1.29 is 9.59 Å². The number of nitrogens with zero attached hydrogens (tertiary/aromatic N) is 1. The number of amides is 2. The van der Waals surface area contributed by atoms with Gasteiger partial charge in [-0.25, -0.2) is 0 Å². The fourth-order valence-corrected chi connectivity index (χ4v) is 2.02. The molecule has 0 bridgehead atoms. The number of nitrogens with one attached hydrogen (secondary N) is 1. The van der Waals surface area contributed by atoms with Gasteiger partial charge in [0.1, 0.15) is 11.7 Å². The van der Waals surface area contributed by atoms with Crippen molar-refractivity contribution in [2.24, 2.45) is 5.73 Å². The first-order valence-corrected chi connectivity index (χ1v) is 6.83. The van der Waals surface area contributed by atoms with Crippen molar-refractivity contribution >= 4 is 17.5 Å². The summed E-state index contributed by atoms with van der Waals surface area (Å²) in [6, 6.07) is 11.5. The van der Waals surface area contributed by atoms with Gasteiger partial charge in [-0.2, -0.15) is 0 Å². The largest absolute Gasteiger partial charge is 0.368 e. The van der Waals surface area contributed by atoms with Crippen LogP contribution in [0, 0.1) is 0 Å². The van der Waals surface area contributed by atoms with Crippen molar-refractivity contribution in [1.82, 2.24) is 4.57 Å². The number of pyridine rings is 1. The Bertz CT molecular complexity index is 738. The van der Waals surface area contributed by atoms with Crippen molar-refractivity contribution in [3.05, 3.63) is 64.6 Å². The number of nitrogens with two attached hydrogens (primary N) is 1. The van der Waals surface area contributed by atoms with Crippen molar-refractivity contribution in [3.8, 4) is 0 Å². The zero-order valence-corrected chi connectivity index (χ0v) is 12.2. The van der Waals surface area contributed by atoms with Crippen LogP contribution >= 0.6 is 0 Å². The molecular formula is C16H17N3O3. The second kappa shape index (κ2) is 6.71. The molecule has 6 heteroatoms. The van der Waals surface area contributed by atoms with Crippen LogP contribution in [0.4, 0.5) is 5.69 Å². The van der Waals surface area contributed by atoms with E-state index in [1.807, 2.05) is 30.3 Å². The third-order valence-electron chi connectivity index (χ3n) is 3.29. The van der Waals surface area contributed by atoms with Gasteiger partial charge in [0.2, 0.25) is 11.8 Å². The molecule has 0 fully saturated rings. The second-order valence-electron chi connectivity index (χ2n) is 4.92. The summed E-state index contributed by atoms with van der Waals surface area (Å²) in [4.78, 5) is 35.4. The summed E-state index contributed by atoms with van der Waals surface area (Å²) in [5.74, 6) is -0.914. The fraction of sp³-hybridized carbons (Fsp3) is 0.188. The maximum Gasteiger partial charge on any atom is 0.275 e. The number of hydrogen-bond acceptors (Lipinski definition) is 3. The summed E-state index contributed by atoms with van der Waals surface area (Å²) in [5, 5.41) is 2.57. The summed E-state index contributed by atoms with van der Waals surface area (Å²) >= 11 is 0. The van der Waals surface area contributed by atoms with Crippen LogP contribution in [0.15, 0.2) is 53.5 Å². The molecule has 2 amide bonds. The molecule has 0 saturated heterocycles. The first-order chi connectivity index (χ1) is 10.5. The zero-order chi connectivity index (χ0) is 16.1. The number of carbonyl (C=O) groups excluding carboxylic acids is 2. The lowest BCUT2D eigenvalue weighted by molar-refractivity contribution is -0.120. The highest BCUT2D eigenvalue weighted by molar-refractivity contribution is 5.92. The second-order valence-corrected chi connectivity index (χ2v) is 4.92. The molecule has 1 aromatic heterocycles. The van der Waals surface area contributed by atoms with Crippen molar-refractivity contribution in [3.63, 3.8) is 0 Å². The molecule has 0 aliphatic heterocycles. The SMILES string of the molecule is CC(C(N)=O)n1cccc(NC(=O)Cc2ccccc2)c1=O. The van der Waals surface area contributed by atoms with Gasteiger partial charge >= 0.3 is 0 Å². The predicted octanol–water partition coefficient (Wildman–Crippen LogP) is 1.08. The quantitative estimate of drug-likeness (QED) is 0.864. The van der Waals surface area contributed by atoms with Crippen LogP contribution in [0.25, 0.3) is 0 Å². The molecule has 0 aliphatic rings. The Morgan fingerprint density at radius 2 is 1.86 bits per heavy atom. The molecule has 0 spiro atoms. The Balaban J connectivity index is 2.16. The van der Waals surface area contributed by atoms with Gasteiger partial charge in [0, 0.05) is 6.20 Å². The topological polar surface area (TPSA) is 94.2 Å². The van der Waals surface area contributed by atoms with E-state index in [2.05, 4.69) is 5.32 Å². The van der Waals surface area contributed by atoms with Gasteiger partial charge in [0.15, 0.2) is 0 Å². The first kappa shape index (κ1) is 15.5. The Kier molecular flexibility index (Phi) is 4.73. The summed E-state index contributed by atoms with van der Waals surface area (Å²) in [5.41, 5.74) is 5.71. The van der Waals surface area contributed by atoms with Crippen molar-refractivity contribution in [1.29, 1.82) is 0 Å². The molecule has 0 aliphatic carbocycles. The minimum absolute atomic E-state index is 0.122. The summed E-state index contributed by atoms with van der Waals surface area (Å²) in [6.07, 6.45) is 1.63. The van der Waals surface area contributed by atoms with Gasteiger partial charge in [0.25, 0.3) is 5.56 Å². The minimum Gasteiger partial charge on any atom is -0.368 e. The predicted molar refractivity (Wildman–Crippen MR) is 83.4 cm³/mol. The van der Waals surface area contributed by atoms with E-state index >= 15 is 0 Å². The number of primary amides is 1. The standard InChI is InChI=1S/C16H17N3O3/c1-11(15(17)21)19-9-5-8-13(16(19)22)18-14(20)10-12-6-3-2-4-7-12/h2-9,11H,10H2,1H3,(H2,17,21)(H,18,20). The molecule has 0 radical (unpaired) electrons. The molecule has 114 valence electrons. The van der Waals surface area contributed by atoms with E-state index < -0.39 is 17.5 Å². The number of hydrogen-bond donors (Lipinski definition) is 2. The van der Waals surface area contributed by atoms with Crippen LogP contribution in [0.1, 0.15) is 18.5 Å². The van der Waals surface area contributed by atoms with Crippen LogP contribution in [-0.4, -0.2) is 16.4 Å². The molecule has 2 rings (SSSR count). The molecular weight excluding hydrogens is 282 g/mol. The lowest BCUT2D eigenvalue weighted by Gasteiger charge is -2.13. The number of anilines is 1. The average molecular weight is 299 g/mol. The van der Waals surface area contributed by atoms with E-state index in [1.54, 1.807) is 6.07 Å². The minimum atomic E-state index is -0.779. The molecule has 2 aromatic rings. The molecule has 1 heterocycles. The number of carbonyl (C=O) groups is 2. The maximum atomic E-state index is 12.2. The van der Waals surface area contributed by atoms with E-state index in [4.69, 9.17) is 5.73 Å². The van der Waals surface area contributed by atoms with Crippen molar-refractivity contribution in [2.75, 3.05) is 5.32 Å². The maximum absolute atomic E-state index is 12.2. The van der Waals surface area contributed by atoms with Gasteiger partial charge in [-0.15, -0.1) is 0 Å². The van der Waals surface area contributed by atoms with Gasteiger partial charge in [0.05, 0.1) is 6.42 Å². The van der Waals surface area contributed by atoms with Crippen LogP contribution in [0.2, 0.25) is 0 Å². The zero-order valence-electron chi connectivity index (χ0n) is 12.2. The summed E-state index contributed by atoms with van der Waals surface area (Å²) < 4.78 is 1.19. The normalized spacial score (nSPS) is 11.7. The average Bonchev–Trinajstić information content (AvgIpc) is 2.49. The number of benzene rings is 1. The lowest BCUT2D eigenvalue weighted by Crippen LogP contribution is -2.33. The molecule has 1 aromatic carbocycles. The highest BCUT2D eigenvalue weighted by Crippen LogP contribution is 2.06. The van der Waals surface area contributed by atoms with Crippen molar-refractivity contribution in [2.45, 2.75) is 19.4 Å². The third kappa shape index (κ3) is 3.60. The van der Waals surface area contributed by atoms with E-state index in [0.29, 0.717) is 0 Å². The molecule has 0 saturated carbocycles. The number of rotatable bonds is 5. The van der Waals surface area contributed by atoms with E-state index in [-0.39, 0.29) is 18.0 Å². The Morgan fingerprint density at radius 3 is 2.50 bits per heavy atom. The van der Waals surface area contributed by atoms with E-state index in [9.17, 15) is 14.4 Å². The highest BCUT2D eigenvalue weighted by Gasteiger charge is 2.15. The monoisotopic (exact) mass is 299 g/mol. The molecule has 22 heavy (non-hydrogen) atoms. The fourth-order valence-electron chi connectivity index (χ4n) is 2.02. The van der Waals surface area contributed by atoms with E-state index in [0.717, 1.165) is 5.56 Å². The van der Waals surface area contributed by atoms with E-state index in [1.165, 1.54) is 23.8 Å². The summed E-state index contributed by atoms with van der Waals surface area (Å²) in [7, 11) is 0. The van der Waals surface area contributed by atoms with Crippen LogP contribution in [0.5, 0.6) is 0 Å². The third-order valence-corrected chi connectivity index (χ3v) is 3.29. The Morgan fingerprint density at radius 1 is 1.18 bits per heavy atom. The Hall–Kier alpha value is -2.89.